The van der Waals surface area contributed by atoms with Crippen LogP contribution in [0.5, 0.6) is 11.6 Å². The van der Waals surface area contributed by atoms with E-state index in [-0.39, 0.29) is 34.1 Å². The molecule has 0 aliphatic carbocycles. The number of nitrogens with one attached hydrogen (secondary N) is 1. The maximum Gasteiger partial charge on any atom is 0.573 e. The van der Waals surface area contributed by atoms with E-state index in [1.54, 1.807) is 0 Å². The van der Waals surface area contributed by atoms with Gasteiger partial charge in [0.1, 0.15) is 35.0 Å². The van der Waals surface area contributed by atoms with E-state index in [1.807, 2.05) is 6.07 Å². The van der Waals surface area contributed by atoms with E-state index in [2.05, 4.69) is 25.1 Å². The van der Waals surface area contributed by atoms with Crippen molar-refractivity contribution >= 4 is 17.2 Å². The molecule has 14 heteroatoms. The van der Waals surface area contributed by atoms with Gasteiger partial charge in [-0.2, -0.15) is 10.4 Å². The highest BCUT2D eigenvalue weighted by Gasteiger charge is 2.31. The third-order valence-corrected chi connectivity index (χ3v) is 5.30. The molecule has 3 heterocycles. The normalized spacial score (nSPS) is 12.1. The summed E-state index contributed by atoms with van der Waals surface area (Å²) in [6, 6.07) is 6.29. The van der Waals surface area contributed by atoms with Crippen LogP contribution in [-0.4, -0.2) is 39.0 Å². The van der Waals surface area contributed by atoms with Gasteiger partial charge >= 0.3 is 6.36 Å². The number of methoxy groups -OCH3 is 1. The van der Waals surface area contributed by atoms with E-state index in [9.17, 15) is 27.6 Å². The zero-order valence-electron chi connectivity index (χ0n) is 19.2. The molecule has 0 fully saturated rings. The predicted octanol–water partition coefficient (Wildman–Crippen LogP) is 3.78. The number of ether oxygens (including phenoxy) is 2. The van der Waals surface area contributed by atoms with Gasteiger partial charge in [-0.15, -0.1) is 13.2 Å². The van der Waals surface area contributed by atoms with Crippen molar-refractivity contribution in [2.24, 2.45) is 0 Å². The second kappa shape index (κ2) is 9.61. The van der Waals surface area contributed by atoms with E-state index >= 15 is 0 Å². The second-order valence-electron chi connectivity index (χ2n) is 7.67. The molecule has 0 radical (unpaired) electrons. The fourth-order valence-corrected chi connectivity index (χ4v) is 3.68. The average Bonchev–Trinajstić information content (AvgIpc) is 3.24. The first-order valence-electron chi connectivity index (χ1n) is 10.4. The topological polar surface area (TPSA) is 140 Å². The van der Waals surface area contributed by atoms with Crippen LogP contribution in [0, 0.1) is 17.1 Å². The Bertz CT molecular complexity index is 1550. The molecule has 0 saturated carbocycles. The Kier molecular flexibility index (Phi) is 6.54. The van der Waals surface area contributed by atoms with Gasteiger partial charge in [0.25, 0.3) is 5.91 Å². The van der Waals surface area contributed by atoms with Crippen molar-refractivity contribution in [3.63, 3.8) is 0 Å². The summed E-state index contributed by atoms with van der Waals surface area (Å²) in [6.07, 6.45) is -2.41. The van der Waals surface area contributed by atoms with E-state index in [0.717, 1.165) is 18.2 Å². The van der Waals surface area contributed by atoms with Gasteiger partial charge in [0.15, 0.2) is 5.82 Å². The van der Waals surface area contributed by atoms with Crippen LogP contribution in [0.25, 0.3) is 16.8 Å². The fourth-order valence-electron chi connectivity index (χ4n) is 3.68. The molecule has 10 nitrogen and oxygen atoms in total. The van der Waals surface area contributed by atoms with Gasteiger partial charge < -0.3 is 20.5 Å². The smallest absolute Gasteiger partial charge is 0.480 e. The molecule has 0 bridgehead atoms. The number of anilines is 1. The van der Waals surface area contributed by atoms with Gasteiger partial charge in [-0.1, -0.05) is 0 Å². The first-order valence-corrected chi connectivity index (χ1v) is 10.4. The quantitative estimate of drug-likeness (QED) is 0.370. The van der Waals surface area contributed by atoms with Gasteiger partial charge in [0.05, 0.1) is 24.4 Å². The van der Waals surface area contributed by atoms with Crippen molar-refractivity contribution in [2.75, 3.05) is 12.8 Å². The Morgan fingerprint density at radius 3 is 2.68 bits per heavy atom. The van der Waals surface area contributed by atoms with Crippen LogP contribution < -0.4 is 20.5 Å². The molecule has 0 aliphatic rings. The highest BCUT2D eigenvalue weighted by Crippen LogP contribution is 2.31. The number of pyridine rings is 1. The lowest BCUT2D eigenvalue weighted by Gasteiger charge is -2.18. The number of nitriles is 1. The number of aromatic nitrogens is 4. The Hall–Kier alpha value is -4.93. The van der Waals surface area contributed by atoms with Crippen LogP contribution >= 0.6 is 0 Å². The lowest BCUT2D eigenvalue weighted by Crippen LogP contribution is -2.28. The van der Waals surface area contributed by atoms with Gasteiger partial charge in [0, 0.05) is 17.3 Å². The number of nitrogens with two attached hydrogens (primary N) is 1. The highest BCUT2D eigenvalue weighted by molar-refractivity contribution is 5.98. The minimum atomic E-state index is -4.97. The monoisotopic (exact) mass is 515 g/mol. The van der Waals surface area contributed by atoms with Gasteiger partial charge in [0.2, 0.25) is 5.88 Å². The number of hydrogen-bond donors (Lipinski definition) is 2. The maximum absolute atomic E-state index is 14.4. The average molecular weight is 515 g/mol. The number of benzene rings is 1. The molecule has 1 atom stereocenters. The van der Waals surface area contributed by atoms with Crippen molar-refractivity contribution in [2.45, 2.75) is 19.3 Å². The first-order chi connectivity index (χ1) is 17.5. The number of nitrogen functional groups attached to an aromatic ring is 1. The molecule has 0 spiro atoms. The molecular formula is C23H17F4N7O3. The standard InChI is InChI=1S/C23H17F4N7O3/c1-11(15-7-14(3-4-17(15)24)37-23(25,26)27)33-21(35)16-5-13(9-30-22(16)36-2)19-12(8-28)6-18-20(29)31-10-32-34(18)19/h3-7,9-11H,1-2H3,(H,33,35)(H2,29,31,32)/t11-/m1/s1. The number of rotatable bonds is 6. The Labute approximate surface area is 206 Å². The van der Waals surface area contributed by atoms with Crippen molar-refractivity contribution in [3.8, 4) is 29.0 Å². The van der Waals surface area contributed by atoms with Gasteiger partial charge in [-0.25, -0.2) is 18.9 Å². The summed E-state index contributed by atoms with van der Waals surface area (Å²) in [7, 11) is 1.28. The second-order valence-corrected chi connectivity index (χ2v) is 7.67. The molecule has 0 saturated heterocycles. The van der Waals surface area contributed by atoms with E-state index < -0.39 is 29.9 Å². The third kappa shape index (κ3) is 5.06. The summed E-state index contributed by atoms with van der Waals surface area (Å²) in [5.74, 6) is -2.22. The molecular weight excluding hydrogens is 498 g/mol. The van der Waals surface area contributed by atoms with E-state index in [0.29, 0.717) is 11.1 Å². The van der Waals surface area contributed by atoms with E-state index in [4.69, 9.17) is 10.5 Å². The number of amides is 1. The number of carbonyl (C=O) groups is 1. The number of fused-ring (bicyclic) bond motifs is 1. The zero-order chi connectivity index (χ0) is 26.9. The summed E-state index contributed by atoms with van der Waals surface area (Å²) in [6.45, 7) is 1.38. The molecule has 4 rings (SSSR count). The number of nitrogens with zero attached hydrogens (tertiary/aromatic N) is 5. The Morgan fingerprint density at radius 2 is 2.00 bits per heavy atom. The van der Waals surface area contributed by atoms with Crippen LogP contribution in [0.4, 0.5) is 23.4 Å². The largest absolute Gasteiger partial charge is 0.573 e. The molecule has 1 amide bonds. The lowest BCUT2D eigenvalue weighted by atomic mass is 10.1. The maximum atomic E-state index is 14.4. The van der Waals surface area contributed by atoms with Crippen LogP contribution in [-0.2, 0) is 0 Å². The number of alkyl halides is 3. The molecule has 0 unspecified atom stereocenters. The van der Waals surface area contributed by atoms with Crippen LogP contribution in [0.2, 0.25) is 0 Å². The van der Waals surface area contributed by atoms with Crippen LogP contribution in [0.15, 0.2) is 42.9 Å². The minimum Gasteiger partial charge on any atom is -0.480 e. The van der Waals surface area contributed by atoms with Crippen molar-refractivity contribution in [1.82, 2.24) is 24.9 Å². The number of carbonyl (C=O) groups excluding carboxylic acids is 1. The number of halogens is 4. The molecule has 37 heavy (non-hydrogen) atoms. The molecule has 190 valence electrons. The SMILES string of the molecule is COc1ncc(-c2c(C#N)cc3c(N)ncnn23)cc1C(=O)N[C@H](C)c1cc(OC(F)(F)F)ccc1F. The third-order valence-electron chi connectivity index (χ3n) is 5.30. The van der Waals surface area contributed by atoms with Crippen LogP contribution in [0.1, 0.15) is 34.5 Å². The molecule has 4 aromatic rings. The first kappa shape index (κ1) is 25.2. The summed E-state index contributed by atoms with van der Waals surface area (Å²) in [4.78, 5) is 21.2. The zero-order valence-corrected chi connectivity index (χ0v) is 19.2. The Morgan fingerprint density at radius 1 is 1.24 bits per heavy atom. The molecule has 3 aromatic heterocycles. The van der Waals surface area contributed by atoms with Gasteiger partial charge in [-0.05, 0) is 37.3 Å². The van der Waals surface area contributed by atoms with Crippen molar-refractivity contribution in [1.29, 1.82) is 5.26 Å². The van der Waals surface area contributed by atoms with E-state index in [1.165, 1.54) is 43.2 Å². The summed E-state index contributed by atoms with van der Waals surface area (Å²) < 4.78 is 62.5. The number of hydrogen-bond acceptors (Lipinski definition) is 8. The summed E-state index contributed by atoms with van der Waals surface area (Å²) in [5, 5.41) is 16.3. The highest BCUT2D eigenvalue weighted by atomic mass is 19.4. The van der Waals surface area contributed by atoms with Crippen molar-refractivity contribution in [3.05, 3.63) is 65.4 Å². The van der Waals surface area contributed by atoms with Gasteiger partial charge in [-0.3, -0.25) is 4.79 Å². The molecule has 3 N–H and O–H groups in total. The predicted molar refractivity (Wildman–Crippen MR) is 121 cm³/mol. The minimum absolute atomic E-state index is 0.0865. The lowest BCUT2D eigenvalue weighted by molar-refractivity contribution is -0.274. The summed E-state index contributed by atoms with van der Waals surface area (Å²) >= 11 is 0. The van der Waals surface area contributed by atoms with Crippen LogP contribution in [0.3, 0.4) is 0 Å². The summed E-state index contributed by atoms with van der Waals surface area (Å²) in [5.41, 5.74) is 6.68. The Balaban J connectivity index is 1.70. The fraction of sp³-hybridized carbons (Fsp3) is 0.174. The molecule has 1 aromatic carbocycles. The molecule has 0 aliphatic heterocycles. The van der Waals surface area contributed by atoms with Crippen molar-refractivity contribution < 1.29 is 31.8 Å².